The lowest BCUT2D eigenvalue weighted by atomic mass is 10.0. The summed E-state index contributed by atoms with van der Waals surface area (Å²) in [7, 11) is 0. The average Bonchev–Trinajstić information content (AvgIpc) is 2.78. The first-order chi connectivity index (χ1) is 8.84. The van der Waals surface area contributed by atoms with E-state index in [2.05, 4.69) is 15.2 Å². The molecule has 1 rings (SSSR count). The zero-order valence-electron chi connectivity index (χ0n) is 11.7. The van der Waals surface area contributed by atoms with Gasteiger partial charge in [-0.15, -0.1) is 5.10 Å². The highest BCUT2D eigenvalue weighted by Crippen LogP contribution is 2.17. The highest BCUT2D eigenvalue weighted by atomic mass is 16.4. The van der Waals surface area contributed by atoms with Crippen molar-refractivity contribution in [2.75, 3.05) is 6.54 Å². The first kappa shape index (κ1) is 15.1. The van der Waals surface area contributed by atoms with Crippen LogP contribution in [0.25, 0.3) is 0 Å². The third kappa shape index (κ3) is 3.10. The Labute approximate surface area is 112 Å². The monoisotopic (exact) mass is 268 g/mol. The van der Waals surface area contributed by atoms with Crippen LogP contribution in [0.3, 0.4) is 0 Å². The van der Waals surface area contributed by atoms with Crippen molar-refractivity contribution in [3.8, 4) is 0 Å². The van der Waals surface area contributed by atoms with Gasteiger partial charge in [-0.1, -0.05) is 6.92 Å². The second-order valence-corrected chi connectivity index (χ2v) is 4.77. The molecule has 19 heavy (non-hydrogen) atoms. The van der Waals surface area contributed by atoms with Crippen molar-refractivity contribution < 1.29 is 14.7 Å². The van der Waals surface area contributed by atoms with Crippen LogP contribution in [0.5, 0.6) is 0 Å². The van der Waals surface area contributed by atoms with Gasteiger partial charge in [0.05, 0.1) is 0 Å². The Kier molecular flexibility index (Phi) is 4.63. The minimum atomic E-state index is -1.29. The standard InChI is InChI=1S/C12H20N4O3/c1-5-7-8-13-9(15-14-8)10(17)16(6-2)12(3,4)11(18)19/h5-7H2,1-4H3,(H,18,19)(H,13,14,15). The number of carbonyl (C=O) groups excluding carboxylic acids is 1. The number of rotatable bonds is 6. The molecular formula is C12H20N4O3. The van der Waals surface area contributed by atoms with Crippen molar-refractivity contribution >= 4 is 11.9 Å². The number of H-pyrrole nitrogens is 1. The summed E-state index contributed by atoms with van der Waals surface area (Å²) >= 11 is 0. The van der Waals surface area contributed by atoms with E-state index in [1.165, 1.54) is 18.7 Å². The van der Waals surface area contributed by atoms with Crippen molar-refractivity contribution in [3.05, 3.63) is 11.6 Å². The Morgan fingerprint density at radius 1 is 1.37 bits per heavy atom. The quantitative estimate of drug-likeness (QED) is 0.804. The highest BCUT2D eigenvalue weighted by molar-refractivity contribution is 5.94. The molecule has 1 aromatic heterocycles. The largest absolute Gasteiger partial charge is 0.480 e. The van der Waals surface area contributed by atoms with Crippen LogP contribution in [-0.4, -0.2) is 49.1 Å². The Bertz CT molecular complexity index is 467. The Morgan fingerprint density at radius 2 is 2.00 bits per heavy atom. The number of amides is 1. The number of aliphatic carboxylic acids is 1. The number of carboxylic acid groups (broad SMARTS) is 1. The third-order valence-corrected chi connectivity index (χ3v) is 2.97. The second kappa shape index (κ2) is 5.81. The fourth-order valence-electron chi connectivity index (χ4n) is 1.77. The maximum atomic E-state index is 12.3. The third-order valence-electron chi connectivity index (χ3n) is 2.97. The molecule has 0 bridgehead atoms. The predicted octanol–water partition coefficient (Wildman–Crippen LogP) is 1.08. The molecule has 7 nitrogen and oxygen atoms in total. The second-order valence-electron chi connectivity index (χ2n) is 4.77. The minimum absolute atomic E-state index is 0.0135. The molecule has 0 aliphatic heterocycles. The van der Waals surface area contributed by atoms with Gasteiger partial charge < -0.3 is 10.0 Å². The summed E-state index contributed by atoms with van der Waals surface area (Å²) in [6.45, 7) is 6.96. The molecule has 0 atom stereocenters. The van der Waals surface area contributed by atoms with Gasteiger partial charge in [0.2, 0.25) is 5.82 Å². The summed E-state index contributed by atoms with van der Waals surface area (Å²) in [5.74, 6) is -0.893. The summed E-state index contributed by atoms with van der Waals surface area (Å²) < 4.78 is 0. The number of likely N-dealkylation sites (N-methyl/N-ethyl adjacent to an activating group) is 1. The van der Waals surface area contributed by atoms with Crippen molar-refractivity contribution in [3.63, 3.8) is 0 Å². The van der Waals surface area contributed by atoms with E-state index >= 15 is 0 Å². The van der Waals surface area contributed by atoms with Crippen LogP contribution in [0, 0.1) is 0 Å². The number of aromatic nitrogens is 3. The summed E-state index contributed by atoms with van der Waals surface area (Å²) in [6, 6.07) is 0. The molecule has 0 aliphatic carbocycles. The van der Waals surface area contributed by atoms with Gasteiger partial charge in [-0.3, -0.25) is 9.89 Å². The zero-order chi connectivity index (χ0) is 14.6. The summed E-state index contributed by atoms with van der Waals surface area (Å²) in [4.78, 5) is 28.8. The van der Waals surface area contributed by atoms with E-state index in [0.29, 0.717) is 12.2 Å². The first-order valence-corrected chi connectivity index (χ1v) is 6.31. The SMILES string of the molecule is CCCc1nc(C(=O)N(CC)C(C)(C)C(=O)O)n[nH]1. The summed E-state index contributed by atoms with van der Waals surface area (Å²) in [5, 5.41) is 15.7. The molecule has 0 aliphatic rings. The Morgan fingerprint density at radius 3 is 2.47 bits per heavy atom. The molecule has 0 aromatic carbocycles. The van der Waals surface area contributed by atoms with E-state index in [4.69, 9.17) is 0 Å². The van der Waals surface area contributed by atoms with Crippen LogP contribution >= 0.6 is 0 Å². The van der Waals surface area contributed by atoms with Gasteiger partial charge in [0.1, 0.15) is 11.4 Å². The Balaban J connectivity index is 2.98. The van der Waals surface area contributed by atoms with Crippen LogP contribution in [-0.2, 0) is 11.2 Å². The summed E-state index contributed by atoms with van der Waals surface area (Å²) in [5.41, 5.74) is -1.29. The number of hydrogen-bond donors (Lipinski definition) is 2. The lowest BCUT2D eigenvalue weighted by molar-refractivity contribution is -0.147. The van der Waals surface area contributed by atoms with Crippen molar-refractivity contribution in [2.45, 2.75) is 46.1 Å². The van der Waals surface area contributed by atoms with E-state index in [1.807, 2.05) is 6.92 Å². The van der Waals surface area contributed by atoms with Gasteiger partial charge in [0, 0.05) is 13.0 Å². The molecule has 2 N–H and O–H groups in total. The van der Waals surface area contributed by atoms with Gasteiger partial charge in [-0.05, 0) is 27.2 Å². The highest BCUT2D eigenvalue weighted by Gasteiger charge is 2.38. The van der Waals surface area contributed by atoms with Crippen LogP contribution in [0.1, 0.15) is 50.6 Å². The topological polar surface area (TPSA) is 99.2 Å². The fourth-order valence-corrected chi connectivity index (χ4v) is 1.77. The molecule has 0 spiro atoms. The molecule has 7 heteroatoms. The molecule has 0 fully saturated rings. The lowest BCUT2D eigenvalue weighted by Gasteiger charge is -2.33. The molecular weight excluding hydrogens is 248 g/mol. The molecule has 1 amide bonds. The number of aryl methyl sites for hydroxylation is 1. The smallest absolute Gasteiger partial charge is 0.329 e. The first-order valence-electron chi connectivity index (χ1n) is 6.31. The number of nitrogens with zero attached hydrogens (tertiary/aromatic N) is 3. The van der Waals surface area contributed by atoms with Crippen LogP contribution in [0.2, 0.25) is 0 Å². The number of carboxylic acids is 1. The van der Waals surface area contributed by atoms with E-state index in [-0.39, 0.29) is 12.4 Å². The van der Waals surface area contributed by atoms with E-state index in [0.717, 1.165) is 6.42 Å². The molecule has 0 saturated carbocycles. The predicted molar refractivity (Wildman–Crippen MR) is 68.8 cm³/mol. The maximum Gasteiger partial charge on any atom is 0.329 e. The van der Waals surface area contributed by atoms with E-state index < -0.39 is 17.4 Å². The normalized spacial score (nSPS) is 11.4. The van der Waals surface area contributed by atoms with Gasteiger partial charge >= 0.3 is 5.97 Å². The van der Waals surface area contributed by atoms with Gasteiger partial charge in [-0.25, -0.2) is 9.78 Å². The van der Waals surface area contributed by atoms with Gasteiger partial charge in [0.25, 0.3) is 5.91 Å². The van der Waals surface area contributed by atoms with Gasteiger partial charge in [0.15, 0.2) is 0 Å². The molecule has 0 unspecified atom stereocenters. The number of nitrogens with one attached hydrogen (secondary N) is 1. The number of aromatic amines is 1. The average molecular weight is 268 g/mol. The molecule has 1 heterocycles. The molecule has 0 radical (unpaired) electrons. The maximum absolute atomic E-state index is 12.3. The van der Waals surface area contributed by atoms with Crippen LogP contribution in [0.4, 0.5) is 0 Å². The van der Waals surface area contributed by atoms with E-state index in [9.17, 15) is 14.7 Å². The fraction of sp³-hybridized carbons (Fsp3) is 0.667. The van der Waals surface area contributed by atoms with E-state index in [1.54, 1.807) is 6.92 Å². The molecule has 0 saturated heterocycles. The van der Waals surface area contributed by atoms with Gasteiger partial charge in [-0.2, -0.15) is 0 Å². The van der Waals surface area contributed by atoms with Crippen molar-refractivity contribution in [1.29, 1.82) is 0 Å². The van der Waals surface area contributed by atoms with Crippen LogP contribution in [0.15, 0.2) is 0 Å². The zero-order valence-corrected chi connectivity index (χ0v) is 11.7. The molecule has 1 aromatic rings. The number of hydrogen-bond acceptors (Lipinski definition) is 4. The van der Waals surface area contributed by atoms with Crippen molar-refractivity contribution in [1.82, 2.24) is 20.1 Å². The number of carbonyl (C=O) groups is 2. The lowest BCUT2D eigenvalue weighted by Crippen LogP contribution is -2.53. The minimum Gasteiger partial charge on any atom is -0.480 e. The van der Waals surface area contributed by atoms with Crippen molar-refractivity contribution in [2.24, 2.45) is 0 Å². The summed E-state index contributed by atoms with van der Waals surface area (Å²) in [6.07, 6.45) is 1.59. The molecule has 106 valence electrons. The van der Waals surface area contributed by atoms with Crippen LogP contribution < -0.4 is 0 Å². The Hall–Kier alpha value is -1.92.